The van der Waals surface area contributed by atoms with E-state index in [2.05, 4.69) is 0 Å². The summed E-state index contributed by atoms with van der Waals surface area (Å²) in [5.74, 6) is -8.56. The lowest BCUT2D eigenvalue weighted by molar-refractivity contribution is -0.265. The Balaban J connectivity index is 1.70. The SMILES string of the molecule is CO[C@H]1CC2CC[C@@H](C)[C@@](O)(O2)C(=O)C(=O)N2CCCCC2C(=O)O[C@H]([C@H](C)C[C@@H]2CCC(O)[C@H](OC)C2)CC(=O)C(C)=CC(C)[C@@H](F)[C@@H](OC)C(=O)[C@H](C)C[C@H](C)C=CC=CC=C1C. The molecular weight excluding hydrogens is 838 g/mol. The first-order valence-corrected chi connectivity index (χ1v) is 23.9. The van der Waals surface area contributed by atoms with E-state index in [1.807, 2.05) is 51.2 Å². The molecule has 14 heteroatoms. The number of rotatable bonds is 6. The van der Waals surface area contributed by atoms with Crippen LogP contribution in [0.4, 0.5) is 4.39 Å². The van der Waals surface area contributed by atoms with Crippen molar-refractivity contribution in [2.24, 2.45) is 35.5 Å². The molecule has 1 saturated carbocycles. The summed E-state index contributed by atoms with van der Waals surface area (Å²) >= 11 is 0. The van der Waals surface area contributed by atoms with Crippen molar-refractivity contribution in [1.82, 2.24) is 4.90 Å². The fourth-order valence-electron chi connectivity index (χ4n) is 10.1. The second-order valence-electron chi connectivity index (χ2n) is 19.6. The zero-order valence-electron chi connectivity index (χ0n) is 40.5. The fraction of sp³-hybridized carbons (Fsp3) is 0.745. The van der Waals surface area contributed by atoms with Crippen LogP contribution in [0.25, 0.3) is 0 Å². The van der Waals surface area contributed by atoms with Crippen molar-refractivity contribution < 1.29 is 62.3 Å². The molecule has 0 aromatic rings. The number of fused-ring (bicyclic) bond motifs is 3. The van der Waals surface area contributed by atoms with E-state index in [0.29, 0.717) is 64.2 Å². The Bertz CT molecular complexity index is 1760. The number of amides is 1. The molecule has 0 spiro atoms. The Morgan fingerprint density at radius 3 is 2.29 bits per heavy atom. The molecule has 2 N–H and O–H groups in total. The van der Waals surface area contributed by atoms with Gasteiger partial charge in [0.05, 0.1) is 24.4 Å². The van der Waals surface area contributed by atoms with Crippen LogP contribution in [-0.2, 0) is 47.7 Å². The molecule has 0 aromatic heterocycles. The predicted octanol–water partition coefficient (Wildman–Crippen LogP) is 7.16. The quantitative estimate of drug-likeness (QED) is 0.204. The van der Waals surface area contributed by atoms with Crippen LogP contribution in [0.5, 0.6) is 0 Å². The Labute approximate surface area is 386 Å². The lowest BCUT2D eigenvalue weighted by atomic mass is 9.78. The first-order valence-electron chi connectivity index (χ1n) is 23.9. The van der Waals surface area contributed by atoms with Gasteiger partial charge in [-0.3, -0.25) is 19.2 Å². The molecule has 1 amide bonds. The molecule has 0 radical (unpaired) electrons. The van der Waals surface area contributed by atoms with E-state index in [4.69, 9.17) is 23.7 Å². The summed E-state index contributed by atoms with van der Waals surface area (Å²) in [6.07, 6.45) is 9.99. The van der Waals surface area contributed by atoms with Gasteiger partial charge in [0, 0.05) is 58.5 Å². The summed E-state index contributed by atoms with van der Waals surface area (Å²) in [5.41, 5.74) is 1.10. The number of carbonyl (C=O) groups excluding carboxylic acids is 5. The number of halogens is 1. The number of esters is 1. The summed E-state index contributed by atoms with van der Waals surface area (Å²) < 4.78 is 45.4. The number of nitrogens with zero attached hydrogens (tertiary/aromatic N) is 1. The van der Waals surface area contributed by atoms with Crippen molar-refractivity contribution in [1.29, 1.82) is 0 Å². The van der Waals surface area contributed by atoms with E-state index in [-0.39, 0.29) is 60.4 Å². The van der Waals surface area contributed by atoms with Crippen LogP contribution in [0.2, 0.25) is 0 Å². The predicted molar refractivity (Wildman–Crippen MR) is 244 cm³/mol. The maximum Gasteiger partial charge on any atom is 0.329 e. The first kappa shape index (κ1) is 54.2. The monoisotopic (exact) mass is 916 g/mol. The molecule has 2 saturated heterocycles. The van der Waals surface area contributed by atoms with Gasteiger partial charge in [-0.25, -0.2) is 9.18 Å². The van der Waals surface area contributed by atoms with E-state index in [1.54, 1.807) is 41.9 Å². The van der Waals surface area contributed by atoms with Crippen molar-refractivity contribution in [3.05, 3.63) is 47.6 Å². The van der Waals surface area contributed by atoms with Gasteiger partial charge in [-0.15, -0.1) is 0 Å². The molecule has 4 unspecified atom stereocenters. The van der Waals surface area contributed by atoms with Gasteiger partial charge in [0.15, 0.2) is 11.6 Å². The minimum atomic E-state index is -2.44. The van der Waals surface area contributed by atoms with Crippen LogP contribution >= 0.6 is 0 Å². The van der Waals surface area contributed by atoms with Crippen LogP contribution in [0, 0.1) is 35.5 Å². The Hall–Kier alpha value is -3.40. The molecule has 3 fully saturated rings. The highest BCUT2D eigenvalue weighted by atomic mass is 19.1. The van der Waals surface area contributed by atoms with Crippen LogP contribution in [-0.4, -0.2) is 127 Å². The topological polar surface area (TPSA) is 175 Å². The van der Waals surface area contributed by atoms with Crippen LogP contribution in [0.1, 0.15) is 126 Å². The van der Waals surface area contributed by atoms with Crippen molar-refractivity contribution >= 4 is 29.2 Å². The highest BCUT2D eigenvalue weighted by molar-refractivity contribution is 6.39. The number of methoxy groups -OCH3 is 3. The molecular formula is C51H78FNO12. The third kappa shape index (κ3) is 14.3. The average molecular weight is 916 g/mol. The third-order valence-electron chi connectivity index (χ3n) is 14.4. The number of Topliss-reactive ketones (excluding diaryl/α,β-unsaturated/α-hetero) is 3. The van der Waals surface area contributed by atoms with Crippen molar-refractivity contribution in [2.75, 3.05) is 27.9 Å². The maximum absolute atomic E-state index is 16.2. The summed E-state index contributed by atoms with van der Waals surface area (Å²) in [6, 6.07) is -1.16. The first-order chi connectivity index (χ1) is 30.7. The number of allylic oxidation sites excluding steroid dienone is 7. The highest BCUT2D eigenvalue weighted by Crippen LogP contribution is 2.38. The van der Waals surface area contributed by atoms with Gasteiger partial charge in [0.1, 0.15) is 24.4 Å². The van der Waals surface area contributed by atoms with Gasteiger partial charge >= 0.3 is 5.97 Å². The second-order valence-corrected chi connectivity index (χ2v) is 19.6. The van der Waals surface area contributed by atoms with Crippen LogP contribution in [0.3, 0.4) is 0 Å². The number of alkyl halides is 1. The Morgan fingerprint density at radius 1 is 0.892 bits per heavy atom. The molecule has 13 nitrogen and oxygen atoms in total. The van der Waals surface area contributed by atoms with Gasteiger partial charge in [0.2, 0.25) is 5.79 Å². The zero-order valence-corrected chi connectivity index (χ0v) is 40.5. The van der Waals surface area contributed by atoms with Crippen LogP contribution < -0.4 is 0 Å². The van der Waals surface area contributed by atoms with E-state index < -0.39 is 83.9 Å². The van der Waals surface area contributed by atoms with Crippen molar-refractivity contribution in [2.45, 2.75) is 180 Å². The largest absolute Gasteiger partial charge is 0.460 e. The van der Waals surface area contributed by atoms with Gasteiger partial charge < -0.3 is 38.8 Å². The van der Waals surface area contributed by atoms with Gasteiger partial charge in [0.25, 0.3) is 11.7 Å². The molecule has 4 rings (SSSR count). The summed E-state index contributed by atoms with van der Waals surface area (Å²) in [6.45, 7) is 12.4. The van der Waals surface area contributed by atoms with Crippen LogP contribution in [0.15, 0.2) is 47.6 Å². The summed E-state index contributed by atoms with van der Waals surface area (Å²) in [7, 11) is 4.43. The molecule has 15 atom stereocenters. The normalized spacial score (nSPS) is 37.8. The number of hydrogen-bond acceptors (Lipinski definition) is 12. The summed E-state index contributed by atoms with van der Waals surface area (Å²) in [4.78, 5) is 71.6. The highest BCUT2D eigenvalue weighted by Gasteiger charge is 2.53. The minimum Gasteiger partial charge on any atom is -0.460 e. The van der Waals surface area contributed by atoms with Gasteiger partial charge in [-0.05, 0) is 107 Å². The molecule has 65 heavy (non-hydrogen) atoms. The van der Waals surface area contributed by atoms with Crippen molar-refractivity contribution in [3.8, 4) is 0 Å². The Kier molecular flexibility index (Phi) is 20.9. The number of aliphatic hydroxyl groups excluding tert-OH is 1. The van der Waals surface area contributed by atoms with Crippen molar-refractivity contribution in [3.63, 3.8) is 0 Å². The molecule has 366 valence electrons. The fourth-order valence-corrected chi connectivity index (χ4v) is 10.1. The maximum atomic E-state index is 16.2. The summed E-state index contributed by atoms with van der Waals surface area (Å²) in [5, 5.41) is 22.4. The van der Waals surface area contributed by atoms with E-state index in [9.17, 15) is 34.2 Å². The third-order valence-corrected chi connectivity index (χ3v) is 14.4. The molecule has 3 aliphatic heterocycles. The zero-order chi connectivity index (χ0) is 48.2. The van der Waals surface area contributed by atoms with E-state index >= 15 is 4.39 Å². The standard InChI is InChI=1S/C51H78FNO12/c1-30-16-12-11-13-17-31(2)42(61-8)28-38-21-19-36(7)51(60,65-38)48(57)49(58)53-23-15-14-18-39(53)50(59)64-43(33(4)26-37-20-22-40(54)44(27-37)62-9)29-41(55)32(3)25-34(5)45(52)47(63-10)46(56)35(6)24-30/h11-13,16-17,25,30,33-40,42-45,47,54,60H,14-15,18-24,26-29H2,1-10H3/t30-,33-,34?,35-,36-,37+,38?,39?,40?,42+,43+,44-,45-,47-,51-/m1/s1. The molecule has 2 bridgehead atoms. The Morgan fingerprint density at radius 2 is 1.62 bits per heavy atom. The molecule has 3 heterocycles. The van der Waals surface area contributed by atoms with E-state index in [0.717, 1.165) is 5.57 Å². The number of ether oxygens (including phenoxy) is 5. The van der Waals surface area contributed by atoms with Gasteiger partial charge in [-0.1, -0.05) is 71.1 Å². The second kappa shape index (κ2) is 25.1. The smallest absolute Gasteiger partial charge is 0.329 e. The number of cyclic esters (lactones) is 1. The minimum absolute atomic E-state index is 0.0188. The number of hydrogen-bond donors (Lipinski definition) is 2. The average Bonchev–Trinajstić information content (AvgIpc) is 3.28. The molecule has 4 aliphatic rings. The molecule has 1 aliphatic carbocycles. The number of carbonyl (C=O) groups is 5. The molecule has 0 aromatic carbocycles. The van der Waals surface area contributed by atoms with E-state index in [1.165, 1.54) is 18.1 Å². The van der Waals surface area contributed by atoms with Gasteiger partial charge in [-0.2, -0.15) is 0 Å². The lowest BCUT2D eigenvalue weighted by Gasteiger charge is -2.42. The number of ketones is 3. The number of aliphatic hydroxyl groups is 2. The number of piperidine rings is 1. The lowest BCUT2D eigenvalue weighted by Crippen LogP contribution is -2.61.